The minimum Gasteiger partial charge on any atom is -0.494 e. The Morgan fingerprint density at radius 1 is 1.62 bits per heavy atom. The number of aliphatic imine (C=N–C) groups is 1. The zero-order valence-corrected chi connectivity index (χ0v) is 8.24. The molecule has 0 amide bonds. The molecule has 0 radical (unpaired) electrons. The highest BCUT2D eigenvalue weighted by Crippen LogP contribution is 2.09. The molecule has 4 nitrogen and oxygen atoms in total. The largest absolute Gasteiger partial charge is 0.494 e. The van der Waals surface area contributed by atoms with Gasteiger partial charge in [-0.2, -0.15) is 0 Å². The van der Waals surface area contributed by atoms with Gasteiger partial charge in [0, 0.05) is 6.20 Å². The van der Waals surface area contributed by atoms with Gasteiger partial charge < -0.3 is 15.6 Å². The Bertz CT molecular complexity index is 242. The number of aliphatic hydroxyl groups excluding tert-OH is 1. The van der Waals surface area contributed by atoms with Crippen molar-refractivity contribution >= 4 is 5.71 Å². The molecule has 0 fully saturated rings. The molecule has 0 atom stereocenters. The van der Waals surface area contributed by atoms with Crippen molar-refractivity contribution in [2.75, 3.05) is 7.11 Å². The average molecular weight is 184 g/mol. The molecule has 0 aromatic heterocycles. The molecule has 4 heteroatoms. The molecule has 0 saturated heterocycles. The predicted molar refractivity (Wildman–Crippen MR) is 53.3 cm³/mol. The van der Waals surface area contributed by atoms with Crippen LogP contribution < -0.4 is 5.73 Å². The average Bonchev–Trinajstić information content (AvgIpc) is 2.04. The molecule has 0 unspecified atom stereocenters. The summed E-state index contributed by atoms with van der Waals surface area (Å²) in [6.45, 7) is 7.11. The van der Waals surface area contributed by atoms with Crippen LogP contribution in [0.4, 0.5) is 0 Å². The van der Waals surface area contributed by atoms with Crippen molar-refractivity contribution in [3.63, 3.8) is 0 Å². The number of nitrogens with zero attached hydrogens (tertiary/aromatic N) is 1. The summed E-state index contributed by atoms with van der Waals surface area (Å²) < 4.78 is 4.98. The molecule has 0 aromatic carbocycles. The zero-order valence-electron chi connectivity index (χ0n) is 8.24. The first kappa shape index (κ1) is 11.6. The van der Waals surface area contributed by atoms with Crippen LogP contribution in [0.3, 0.4) is 0 Å². The van der Waals surface area contributed by atoms with Crippen LogP contribution in [0.15, 0.2) is 29.4 Å². The maximum absolute atomic E-state index is 8.91. The third-order valence-corrected chi connectivity index (χ3v) is 1.42. The van der Waals surface area contributed by atoms with Crippen LogP contribution in [0.25, 0.3) is 0 Å². The zero-order chi connectivity index (χ0) is 10.4. The molecule has 3 N–H and O–H groups in total. The van der Waals surface area contributed by atoms with Gasteiger partial charge in [-0.05, 0) is 12.5 Å². The van der Waals surface area contributed by atoms with Gasteiger partial charge in [0.05, 0.1) is 12.8 Å². The Morgan fingerprint density at radius 2 is 2.15 bits per heavy atom. The van der Waals surface area contributed by atoms with Gasteiger partial charge in [-0.3, -0.25) is 0 Å². The van der Waals surface area contributed by atoms with Crippen LogP contribution >= 0.6 is 0 Å². The second kappa shape index (κ2) is 5.24. The smallest absolute Gasteiger partial charge is 0.203 e. The molecule has 74 valence electrons. The Kier molecular flexibility index (Phi) is 4.66. The fourth-order valence-corrected chi connectivity index (χ4v) is 0.866. The minimum absolute atomic E-state index is 0.110. The van der Waals surface area contributed by atoms with Gasteiger partial charge in [0.25, 0.3) is 0 Å². The molecule has 0 heterocycles. The maximum atomic E-state index is 8.91. The lowest BCUT2D eigenvalue weighted by atomic mass is 10.1. The van der Waals surface area contributed by atoms with Crippen molar-refractivity contribution in [3.8, 4) is 0 Å². The number of ether oxygens (including phenoxy) is 1. The van der Waals surface area contributed by atoms with E-state index in [0.717, 1.165) is 0 Å². The first-order valence-electron chi connectivity index (χ1n) is 3.95. The monoisotopic (exact) mass is 184 g/mol. The second-order valence-electron chi connectivity index (χ2n) is 2.80. The van der Waals surface area contributed by atoms with Crippen molar-refractivity contribution in [2.45, 2.75) is 13.8 Å². The Balaban J connectivity index is 4.91. The second-order valence-corrected chi connectivity index (χ2v) is 2.80. The standard InChI is InChI=1S/C9H16N2O2/c1-6(2)9(11-7(3)12)8(5-10)13-4/h5-6,12H,3,10H2,1-2,4H3/b8-5+,11-9-. The van der Waals surface area contributed by atoms with Crippen LogP contribution in [0.1, 0.15) is 13.8 Å². The van der Waals surface area contributed by atoms with E-state index in [1.807, 2.05) is 13.8 Å². The number of rotatable bonds is 4. The van der Waals surface area contributed by atoms with E-state index in [2.05, 4.69) is 11.6 Å². The SMILES string of the molecule is C=C(O)/N=C(\C(=C/N)OC)C(C)C. The molecule has 0 aliphatic rings. The van der Waals surface area contributed by atoms with Gasteiger partial charge in [-0.1, -0.05) is 13.8 Å². The first-order chi connectivity index (χ1) is 6.02. The number of hydrogen-bond acceptors (Lipinski definition) is 4. The van der Waals surface area contributed by atoms with E-state index in [-0.39, 0.29) is 11.8 Å². The van der Waals surface area contributed by atoms with Crippen molar-refractivity contribution < 1.29 is 9.84 Å². The van der Waals surface area contributed by atoms with E-state index in [9.17, 15) is 0 Å². The molecule has 0 aliphatic heterocycles. The summed E-state index contributed by atoms with van der Waals surface area (Å²) in [7, 11) is 1.50. The fourth-order valence-electron chi connectivity index (χ4n) is 0.866. The van der Waals surface area contributed by atoms with Gasteiger partial charge in [0.2, 0.25) is 5.88 Å². The van der Waals surface area contributed by atoms with Crippen LogP contribution in [0, 0.1) is 5.92 Å². The van der Waals surface area contributed by atoms with Crippen molar-refractivity contribution in [3.05, 3.63) is 24.4 Å². The molecule has 0 saturated carbocycles. The lowest BCUT2D eigenvalue weighted by molar-refractivity contribution is 0.310. The number of nitrogens with two attached hydrogens (primary N) is 1. The molecule has 0 bridgehead atoms. The summed E-state index contributed by atoms with van der Waals surface area (Å²) in [5, 5.41) is 8.91. The first-order valence-corrected chi connectivity index (χ1v) is 3.95. The third-order valence-electron chi connectivity index (χ3n) is 1.42. The van der Waals surface area contributed by atoms with Gasteiger partial charge >= 0.3 is 0 Å². The minimum atomic E-state index is -0.250. The Hall–Kier alpha value is -1.45. The molecular formula is C9H16N2O2. The number of hydrogen-bond donors (Lipinski definition) is 2. The Labute approximate surface area is 78.4 Å². The summed E-state index contributed by atoms with van der Waals surface area (Å²) in [5.41, 5.74) is 5.90. The van der Waals surface area contributed by atoms with Gasteiger partial charge in [0.1, 0.15) is 0 Å². The lowest BCUT2D eigenvalue weighted by Crippen LogP contribution is -2.14. The summed E-state index contributed by atoms with van der Waals surface area (Å²) in [4.78, 5) is 3.82. The topological polar surface area (TPSA) is 67.8 Å². The van der Waals surface area contributed by atoms with E-state index >= 15 is 0 Å². The number of allylic oxidation sites excluding steroid dienone is 1. The van der Waals surface area contributed by atoms with Crippen molar-refractivity contribution in [1.29, 1.82) is 0 Å². The summed E-state index contributed by atoms with van der Waals surface area (Å²) in [6.07, 6.45) is 1.31. The summed E-state index contributed by atoms with van der Waals surface area (Å²) in [6, 6.07) is 0. The highest BCUT2D eigenvalue weighted by molar-refractivity contribution is 6.00. The van der Waals surface area contributed by atoms with Gasteiger partial charge in [0.15, 0.2) is 5.76 Å². The van der Waals surface area contributed by atoms with Crippen molar-refractivity contribution in [2.24, 2.45) is 16.6 Å². The lowest BCUT2D eigenvalue weighted by Gasteiger charge is -2.11. The third kappa shape index (κ3) is 3.64. The maximum Gasteiger partial charge on any atom is 0.203 e. The fraction of sp³-hybridized carbons (Fsp3) is 0.444. The van der Waals surface area contributed by atoms with E-state index in [1.165, 1.54) is 13.3 Å². The van der Waals surface area contributed by atoms with E-state index in [4.69, 9.17) is 15.6 Å². The van der Waals surface area contributed by atoms with Gasteiger partial charge in [-0.15, -0.1) is 0 Å². The molecule has 0 spiro atoms. The molecule has 0 aromatic rings. The molecule has 0 rings (SSSR count). The van der Waals surface area contributed by atoms with Crippen LogP contribution in [-0.4, -0.2) is 17.9 Å². The molecule has 13 heavy (non-hydrogen) atoms. The van der Waals surface area contributed by atoms with Crippen molar-refractivity contribution in [1.82, 2.24) is 0 Å². The van der Waals surface area contributed by atoms with Crippen LogP contribution in [-0.2, 0) is 4.74 Å². The normalized spacial score (nSPS) is 13.2. The number of aliphatic hydroxyl groups is 1. The summed E-state index contributed by atoms with van der Waals surface area (Å²) in [5.74, 6) is 0.309. The van der Waals surface area contributed by atoms with Gasteiger partial charge in [-0.25, -0.2) is 4.99 Å². The predicted octanol–water partition coefficient (Wildman–Crippen LogP) is 1.56. The summed E-state index contributed by atoms with van der Waals surface area (Å²) >= 11 is 0. The van der Waals surface area contributed by atoms with E-state index in [1.54, 1.807) is 0 Å². The van der Waals surface area contributed by atoms with E-state index < -0.39 is 0 Å². The highest BCUT2D eigenvalue weighted by atomic mass is 16.5. The quantitative estimate of drug-likeness (QED) is 0.514. The molecular weight excluding hydrogens is 168 g/mol. The Morgan fingerprint density at radius 3 is 2.38 bits per heavy atom. The highest BCUT2D eigenvalue weighted by Gasteiger charge is 2.11. The van der Waals surface area contributed by atoms with Crippen LogP contribution in [0.2, 0.25) is 0 Å². The van der Waals surface area contributed by atoms with E-state index in [0.29, 0.717) is 11.5 Å². The van der Waals surface area contributed by atoms with Crippen LogP contribution in [0.5, 0.6) is 0 Å². The molecule has 0 aliphatic carbocycles. The number of methoxy groups -OCH3 is 1.